The van der Waals surface area contributed by atoms with Gasteiger partial charge in [-0.15, -0.1) is 0 Å². The zero-order chi connectivity index (χ0) is 14.8. The Morgan fingerprint density at radius 3 is 2.71 bits per heavy atom. The van der Waals surface area contributed by atoms with Gasteiger partial charge in [-0.05, 0) is 13.0 Å². The second-order valence-corrected chi connectivity index (χ2v) is 4.54. The van der Waals surface area contributed by atoms with Crippen LogP contribution in [0, 0.1) is 29.6 Å². The topological polar surface area (TPSA) is 91.2 Å². The average molecular weight is 274 g/mol. The fourth-order valence-electron chi connectivity index (χ4n) is 2.22. The molecule has 0 unspecified atom stereocenters. The Morgan fingerprint density at radius 1 is 1.14 bits per heavy atom. The van der Waals surface area contributed by atoms with E-state index in [1.54, 1.807) is 4.57 Å². The Kier molecular flexibility index (Phi) is 3.06. The molecule has 0 spiro atoms. The summed E-state index contributed by atoms with van der Waals surface area (Å²) < 4.78 is 1.59. The van der Waals surface area contributed by atoms with Crippen LogP contribution in [0.4, 0.5) is 0 Å². The standard InChI is InChI=1S/C15H10N6/c1-10-11-4-2-3-5-12(11)20-15(19-10)8-21-9-18-13(6-16)14(21)7-17/h2-5,9H,8H2,1H3. The third kappa shape index (κ3) is 2.19. The summed E-state index contributed by atoms with van der Waals surface area (Å²) in [7, 11) is 0. The Balaban J connectivity index is 2.05. The van der Waals surface area contributed by atoms with E-state index in [1.807, 2.05) is 43.3 Å². The lowest BCUT2D eigenvalue weighted by molar-refractivity contribution is 0.736. The number of rotatable bonds is 2. The summed E-state index contributed by atoms with van der Waals surface area (Å²) in [6.45, 7) is 2.23. The molecule has 1 aromatic carbocycles. The summed E-state index contributed by atoms with van der Waals surface area (Å²) in [5.41, 5.74) is 2.09. The normalized spacial score (nSPS) is 10.2. The molecule has 2 aromatic heterocycles. The van der Waals surface area contributed by atoms with Gasteiger partial charge in [-0.1, -0.05) is 18.2 Å². The Labute approximate surface area is 120 Å². The second kappa shape index (κ2) is 5.03. The molecule has 2 heterocycles. The molecule has 21 heavy (non-hydrogen) atoms. The first-order chi connectivity index (χ1) is 10.2. The van der Waals surface area contributed by atoms with Crippen molar-refractivity contribution >= 4 is 10.9 Å². The van der Waals surface area contributed by atoms with Crippen molar-refractivity contribution < 1.29 is 0 Å². The molecule has 0 amide bonds. The fraction of sp³-hybridized carbons (Fsp3) is 0.133. The van der Waals surface area contributed by atoms with Gasteiger partial charge >= 0.3 is 0 Å². The van der Waals surface area contributed by atoms with Crippen LogP contribution in [0.1, 0.15) is 22.9 Å². The van der Waals surface area contributed by atoms with Gasteiger partial charge in [-0.3, -0.25) is 0 Å². The van der Waals surface area contributed by atoms with Crippen molar-refractivity contribution in [2.24, 2.45) is 0 Å². The highest BCUT2D eigenvalue weighted by atomic mass is 15.1. The van der Waals surface area contributed by atoms with Gasteiger partial charge < -0.3 is 4.57 Å². The van der Waals surface area contributed by atoms with E-state index in [2.05, 4.69) is 15.0 Å². The lowest BCUT2D eigenvalue weighted by atomic mass is 10.2. The molecule has 0 N–H and O–H groups in total. The number of aromatic nitrogens is 4. The maximum Gasteiger partial charge on any atom is 0.176 e. The molecule has 3 rings (SSSR count). The van der Waals surface area contributed by atoms with Gasteiger partial charge in [0.2, 0.25) is 0 Å². The van der Waals surface area contributed by atoms with E-state index in [0.717, 1.165) is 16.6 Å². The van der Waals surface area contributed by atoms with Crippen molar-refractivity contribution in [3.63, 3.8) is 0 Å². The third-order valence-corrected chi connectivity index (χ3v) is 3.20. The number of hydrogen-bond acceptors (Lipinski definition) is 5. The van der Waals surface area contributed by atoms with Crippen LogP contribution < -0.4 is 0 Å². The summed E-state index contributed by atoms with van der Waals surface area (Å²) in [6.07, 6.45) is 1.46. The molecule has 0 fully saturated rings. The van der Waals surface area contributed by atoms with Gasteiger partial charge in [0, 0.05) is 11.1 Å². The van der Waals surface area contributed by atoms with Gasteiger partial charge in [0.25, 0.3) is 0 Å². The van der Waals surface area contributed by atoms with Crippen LogP contribution in [0.15, 0.2) is 30.6 Å². The number of hydrogen-bond donors (Lipinski definition) is 0. The van der Waals surface area contributed by atoms with Crippen LogP contribution in [0.2, 0.25) is 0 Å². The summed E-state index contributed by atoms with van der Waals surface area (Å²) >= 11 is 0. The van der Waals surface area contributed by atoms with Crippen LogP contribution in [-0.4, -0.2) is 19.5 Å². The van der Waals surface area contributed by atoms with E-state index in [9.17, 15) is 0 Å². The van der Waals surface area contributed by atoms with Gasteiger partial charge in [0.15, 0.2) is 11.4 Å². The number of nitrogens with zero attached hydrogens (tertiary/aromatic N) is 6. The Morgan fingerprint density at radius 2 is 1.95 bits per heavy atom. The summed E-state index contributed by atoms with van der Waals surface area (Å²) in [4.78, 5) is 12.9. The molecule has 0 saturated heterocycles. The first-order valence-electron chi connectivity index (χ1n) is 6.30. The predicted octanol–water partition coefficient (Wildman–Crippen LogP) is 1.93. The van der Waals surface area contributed by atoms with Crippen molar-refractivity contribution in [3.8, 4) is 12.1 Å². The molecule has 0 radical (unpaired) electrons. The third-order valence-electron chi connectivity index (χ3n) is 3.20. The van der Waals surface area contributed by atoms with E-state index in [1.165, 1.54) is 6.33 Å². The molecule has 0 aliphatic carbocycles. The predicted molar refractivity (Wildman–Crippen MR) is 75.0 cm³/mol. The Bertz CT molecular complexity index is 910. The van der Waals surface area contributed by atoms with E-state index in [0.29, 0.717) is 12.4 Å². The molecule has 0 aliphatic heterocycles. The molecule has 100 valence electrons. The number of benzene rings is 1. The van der Waals surface area contributed by atoms with E-state index in [4.69, 9.17) is 10.5 Å². The number of fused-ring (bicyclic) bond motifs is 1. The van der Waals surface area contributed by atoms with Crippen molar-refractivity contribution in [2.45, 2.75) is 13.5 Å². The zero-order valence-electron chi connectivity index (χ0n) is 11.3. The van der Waals surface area contributed by atoms with Crippen LogP contribution in [0.5, 0.6) is 0 Å². The van der Waals surface area contributed by atoms with Crippen molar-refractivity contribution in [1.82, 2.24) is 19.5 Å². The largest absolute Gasteiger partial charge is 0.314 e. The first kappa shape index (κ1) is 12.8. The molecular formula is C15H10N6. The van der Waals surface area contributed by atoms with Crippen LogP contribution in [0.25, 0.3) is 10.9 Å². The van der Waals surface area contributed by atoms with Gasteiger partial charge in [-0.25, -0.2) is 15.0 Å². The first-order valence-corrected chi connectivity index (χ1v) is 6.30. The molecule has 6 nitrogen and oxygen atoms in total. The minimum Gasteiger partial charge on any atom is -0.314 e. The van der Waals surface area contributed by atoms with Crippen LogP contribution >= 0.6 is 0 Å². The highest BCUT2D eigenvalue weighted by Gasteiger charge is 2.12. The Hall–Kier alpha value is -3.25. The number of nitriles is 2. The van der Waals surface area contributed by atoms with E-state index >= 15 is 0 Å². The minimum absolute atomic E-state index is 0.120. The number of para-hydroxylation sites is 1. The molecule has 0 bridgehead atoms. The fourth-order valence-corrected chi connectivity index (χ4v) is 2.22. The lowest BCUT2D eigenvalue weighted by Crippen LogP contribution is -2.07. The van der Waals surface area contributed by atoms with Crippen molar-refractivity contribution in [2.75, 3.05) is 0 Å². The van der Waals surface area contributed by atoms with Gasteiger partial charge in [0.1, 0.15) is 18.0 Å². The van der Waals surface area contributed by atoms with Gasteiger partial charge in [-0.2, -0.15) is 10.5 Å². The number of aryl methyl sites for hydroxylation is 1. The summed E-state index contributed by atoms with van der Waals surface area (Å²) in [5, 5.41) is 19.0. The molecule has 0 aliphatic rings. The van der Waals surface area contributed by atoms with Crippen LogP contribution in [0.3, 0.4) is 0 Å². The van der Waals surface area contributed by atoms with Gasteiger partial charge in [0.05, 0.1) is 18.4 Å². The SMILES string of the molecule is Cc1nc(Cn2cnc(C#N)c2C#N)nc2ccccc12. The highest BCUT2D eigenvalue weighted by Crippen LogP contribution is 2.15. The molecule has 6 heteroatoms. The summed E-state index contributed by atoms with van der Waals surface area (Å²) in [5.74, 6) is 0.588. The van der Waals surface area contributed by atoms with E-state index in [-0.39, 0.29) is 11.4 Å². The van der Waals surface area contributed by atoms with Crippen molar-refractivity contribution in [1.29, 1.82) is 10.5 Å². The quantitative estimate of drug-likeness (QED) is 0.712. The molecule has 3 aromatic rings. The summed E-state index contributed by atoms with van der Waals surface area (Å²) in [6, 6.07) is 11.7. The lowest BCUT2D eigenvalue weighted by Gasteiger charge is -2.06. The average Bonchev–Trinajstić information content (AvgIpc) is 2.89. The highest BCUT2D eigenvalue weighted by molar-refractivity contribution is 5.80. The van der Waals surface area contributed by atoms with Crippen molar-refractivity contribution in [3.05, 3.63) is 53.5 Å². The molecular weight excluding hydrogens is 264 g/mol. The van der Waals surface area contributed by atoms with E-state index < -0.39 is 0 Å². The second-order valence-electron chi connectivity index (χ2n) is 4.54. The molecule has 0 saturated carbocycles. The minimum atomic E-state index is 0.120. The zero-order valence-corrected chi connectivity index (χ0v) is 11.3. The van der Waals surface area contributed by atoms with Crippen LogP contribution in [-0.2, 0) is 6.54 Å². The molecule has 0 atom stereocenters. The number of imidazole rings is 1. The maximum absolute atomic E-state index is 9.12. The maximum atomic E-state index is 9.12. The monoisotopic (exact) mass is 274 g/mol. The smallest absolute Gasteiger partial charge is 0.176 e.